The molecule has 0 radical (unpaired) electrons. The van der Waals surface area contributed by atoms with E-state index in [0.29, 0.717) is 0 Å². The van der Waals surface area contributed by atoms with Crippen molar-refractivity contribution >= 4 is 38.3 Å². The van der Waals surface area contributed by atoms with Gasteiger partial charge in [0.1, 0.15) is 0 Å². The van der Waals surface area contributed by atoms with Crippen LogP contribution in [0.15, 0.2) is 40.9 Å². The minimum Gasteiger partial charge on any atom is -0.324 e. The second-order valence-electron chi connectivity index (χ2n) is 4.78. The van der Waals surface area contributed by atoms with Crippen LogP contribution in [0.4, 0.5) is 5.69 Å². The van der Waals surface area contributed by atoms with Gasteiger partial charge in [-0.2, -0.15) is 0 Å². The first-order chi connectivity index (χ1) is 9.25. The predicted octanol–water partition coefficient (Wildman–Crippen LogP) is 3.29. The smallest absolute Gasteiger partial charge is 0.241 e. The highest BCUT2D eigenvalue weighted by molar-refractivity contribution is 9.10. The van der Waals surface area contributed by atoms with Crippen LogP contribution in [0.25, 0.3) is 10.8 Å². The highest BCUT2D eigenvalue weighted by atomic mass is 79.9. The number of hydrogen-bond acceptors (Lipinski definition) is 2. The number of fused-ring (bicyclic) bond motifs is 1. The van der Waals surface area contributed by atoms with E-state index in [4.69, 9.17) is 0 Å². The second-order valence-corrected chi connectivity index (χ2v) is 5.63. The zero-order valence-corrected chi connectivity index (χ0v) is 12.0. The molecule has 3 nitrogen and oxygen atoms in total. The number of benzene rings is 2. The van der Waals surface area contributed by atoms with Crippen LogP contribution in [0.1, 0.15) is 12.8 Å². The molecule has 1 heterocycles. The topological polar surface area (TPSA) is 41.1 Å². The lowest BCUT2D eigenvalue weighted by Gasteiger charge is -2.13. The maximum Gasteiger partial charge on any atom is 0.241 e. The van der Waals surface area contributed by atoms with E-state index in [1.807, 2.05) is 36.4 Å². The summed E-state index contributed by atoms with van der Waals surface area (Å²) < 4.78 is 1.04. The highest BCUT2D eigenvalue weighted by Crippen LogP contribution is 2.30. The first-order valence-corrected chi connectivity index (χ1v) is 7.26. The number of amides is 1. The van der Waals surface area contributed by atoms with E-state index in [-0.39, 0.29) is 11.9 Å². The van der Waals surface area contributed by atoms with Crippen LogP contribution in [-0.2, 0) is 4.79 Å². The van der Waals surface area contributed by atoms with E-state index in [2.05, 4.69) is 26.6 Å². The van der Waals surface area contributed by atoms with E-state index >= 15 is 0 Å². The first-order valence-electron chi connectivity index (χ1n) is 6.47. The molecule has 2 N–H and O–H groups in total. The molecule has 0 spiro atoms. The average molecular weight is 319 g/mol. The molecule has 0 saturated carbocycles. The molecule has 2 aromatic carbocycles. The maximum atomic E-state index is 12.2. The summed E-state index contributed by atoms with van der Waals surface area (Å²) in [5.74, 6) is 0.0602. The Morgan fingerprint density at radius 2 is 2.00 bits per heavy atom. The molecule has 0 aromatic heterocycles. The number of nitrogens with one attached hydrogen (secondary N) is 2. The van der Waals surface area contributed by atoms with Gasteiger partial charge in [0.25, 0.3) is 0 Å². The molecule has 98 valence electrons. The summed E-state index contributed by atoms with van der Waals surface area (Å²) in [7, 11) is 0. The molecule has 1 saturated heterocycles. The van der Waals surface area contributed by atoms with Gasteiger partial charge in [0.2, 0.25) is 5.91 Å². The minimum absolute atomic E-state index is 0.0533. The maximum absolute atomic E-state index is 12.2. The van der Waals surface area contributed by atoms with Gasteiger partial charge in [0.05, 0.1) is 6.04 Å². The molecule has 4 heteroatoms. The van der Waals surface area contributed by atoms with E-state index in [0.717, 1.165) is 40.3 Å². The zero-order chi connectivity index (χ0) is 13.2. The molecule has 1 atom stereocenters. The van der Waals surface area contributed by atoms with Crippen LogP contribution in [0.2, 0.25) is 0 Å². The zero-order valence-electron chi connectivity index (χ0n) is 10.4. The molecule has 0 aliphatic carbocycles. The van der Waals surface area contributed by atoms with Crippen LogP contribution in [0, 0.1) is 0 Å². The number of anilines is 1. The first kappa shape index (κ1) is 12.6. The fourth-order valence-electron chi connectivity index (χ4n) is 2.50. The van der Waals surface area contributed by atoms with Gasteiger partial charge in [-0.05, 0) is 36.9 Å². The van der Waals surface area contributed by atoms with Gasteiger partial charge in [-0.15, -0.1) is 0 Å². The Bertz CT molecular complexity index is 621. The summed E-state index contributed by atoms with van der Waals surface area (Å²) in [6, 6.07) is 11.9. The van der Waals surface area contributed by atoms with E-state index in [1.54, 1.807) is 0 Å². The molecule has 1 amide bonds. The van der Waals surface area contributed by atoms with Gasteiger partial charge < -0.3 is 10.6 Å². The molecule has 19 heavy (non-hydrogen) atoms. The summed E-state index contributed by atoms with van der Waals surface area (Å²) in [6.45, 7) is 0.930. The summed E-state index contributed by atoms with van der Waals surface area (Å²) in [4.78, 5) is 12.2. The molecule has 1 aliphatic heterocycles. The molecule has 3 rings (SSSR count). The van der Waals surface area contributed by atoms with Crippen molar-refractivity contribution in [3.63, 3.8) is 0 Å². The average Bonchev–Trinajstić information content (AvgIpc) is 2.96. The third-order valence-electron chi connectivity index (χ3n) is 3.51. The van der Waals surface area contributed by atoms with Crippen LogP contribution in [0.5, 0.6) is 0 Å². The fourth-order valence-corrected chi connectivity index (χ4v) is 2.98. The Hall–Kier alpha value is -1.39. The van der Waals surface area contributed by atoms with Gasteiger partial charge in [0, 0.05) is 15.5 Å². The normalized spacial score (nSPS) is 18.7. The van der Waals surface area contributed by atoms with E-state index in [1.165, 1.54) is 0 Å². The van der Waals surface area contributed by atoms with E-state index < -0.39 is 0 Å². The number of carbonyl (C=O) groups excluding carboxylic acids is 1. The molecule has 2 aromatic rings. The standard InChI is InChI=1S/C15H15BrN2O/c16-12-7-8-13(11-5-2-1-4-10(11)12)18-15(19)14-6-3-9-17-14/h1-2,4-5,7-8,14,17H,3,6,9H2,(H,18,19)/t14-/m0/s1. The number of hydrogen-bond donors (Lipinski definition) is 2. The summed E-state index contributed by atoms with van der Waals surface area (Å²) >= 11 is 3.54. The van der Waals surface area contributed by atoms with Gasteiger partial charge in [-0.1, -0.05) is 40.2 Å². The molecule has 0 bridgehead atoms. The lowest BCUT2D eigenvalue weighted by atomic mass is 10.1. The van der Waals surface area contributed by atoms with Crippen molar-refractivity contribution in [2.45, 2.75) is 18.9 Å². The largest absolute Gasteiger partial charge is 0.324 e. The SMILES string of the molecule is O=C(Nc1ccc(Br)c2ccccc12)[C@@H]1CCCN1. The van der Waals surface area contributed by atoms with Crippen molar-refractivity contribution in [1.29, 1.82) is 0 Å². The summed E-state index contributed by atoms with van der Waals surface area (Å²) in [6.07, 6.45) is 1.99. The Kier molecular flexibility index (Phi) is 3.53. The lowest BCUT2D eigenvalue weighted by Crippen LogP contribution is -2.35. The Labute approximate surface area is 120 Å². The van der Waals surface area contributed by atoms with Crippen molar-refractivity contribution in [2.24, 2.45) is 0 Å². The van der Waals surface area contributed by atoms with Crippen molar-refractivity contribution in [2.75, 3.05) is 11.9 Å². The summed E-state index contributed by atoms with van der Waals surface area (Å²) in [5.41, 5.74) is 0.873. The predicted molar refractivity (Wildman–Crippen MR) is 81.3 cm³/mol. The van der Waals surface area contributed by atoms with Crippen molar-refractivity contribution < 1.29 is 4.79 Å². The third kappa shape index (κ3) is 2.51. The molecular weight excluding hydrogens is 304 g/mol. The quantitative estimate of drug-likeness (QED) is 0.892. The van der Waals surface area contributed by atoms with Crippen LogP contribution < -0.4 is 10.6 Å². The van der Waals surface area contributed by atoms with Crippen molar-refractivity contribution in [3.8, 4) is 0 Å². The Morgan fingerprint density at radius 1 is 1.21 bits per heavy atom. The van der Waals surface area contributed by atoms with Gasteiger partial charge in [0.15, 0.2) is 0 Å². The second kappa shape index (κ2) is 5.31. The number of halogens is 1. The lowest BCUT2D eigenvalue weighted by molar-refractivity contribution is -0.117. The van der Waals surface area contributed by atoms with Gasteiger partial charge in [-0.25, -0.2) is 0 Å². The fraction of sp³-hybridized carbons (Fsp3) is 0.267. The van der Waals surface area contributed by atoms with Crippen molar-refractivity contribution in [1.82, 2.24) is 5.32 Å². The summed E-state index contributed by atoms with van der Waals surface area (Å²) in [5, 5.41) is 8.42. The minimum atomic E-state index is -0.0533. The number of rotatable bonds is 2. The van der Waals surface area contributed by atoms with Gasteiger partial charge >= 0.3 is 0 Å². The van der Waals surface area contributed by atoms with E-state index in [9.17, 15) is 4.79 Å². The van der Waals surface area contributed by atoms with Crippen molar-refractivity contribution in [3.05, 3.63) is 40.9 Å². The Balaban J connectivity index is 1.92. The van der Waals surface area contributed by atoms with Crippen LogP contribution in [-0.4, -0.2) is 18.5 Å². The third-order valence-corrected chi connectivity index (χ3v) is 4.20. The molecular formula is C15H15BrN2O. The molecule has 1 aliphatic rings. The van der Waals surface area contributed by atoms with Crippen LogP contribution in [0.3, 0.4) is 0 Å². The number of carbonyl (C=O) groups is 1. The highest BCUT2D eigenvalue weighted by Gasteiger charge is 2.22. The molecule has 1 fully saturated rings. The molecule has 0 unspecified atom stereocenters. The van der Waals surface area contributed by atoms with Crippen LogP contribution >= 0.6 is 15.9 Å². The Morgan fingerprint density at radius 3 is 2.74 bits per heavy atom. The monoisotopic (exact) mass is 318 g/mol. The van der Waals surface area contributed by atoms with Gasteiger partial charge in [-0.3, -0.25) is 4.79 Å².